The Labute approximate surface area is 198 Å². The Kier molecular flexibility index (Phi) is 15.5. The third-order valence-corrected chi connectivity index (χ3v) is 3.93. The summed E-state index contributed by atoms with van der Waals surface area (Å²) in [7, 11) is 2.18. The van der Waals surface area contributed by atoms with Crippen LogP contribution in [0.2, 0.25) is 0 Å². The molecule has 0 aromatic rings. The number of oxime groups is 1. The number of carboxylic acid groups (broad SMARTS) is 1. The number of rotatable bonds is 16. The van der Waals surface area contributed by atoms with Crippen molar-refractivity contribution in [1.29, 1.82) is 0 Å². The van der Waals surface area contributed by atoms with Gasteiger partial charge < -0.3 is 41.3 Å². The third-order valence-electron chi connectivity index (χ3n) is 3.81. The number of carboxylic acids is 1. The predicted octanol–water partition coefficient (Wildman–Crippen LogP) is -3.33. The summed E-state index contributed by atoms with van der Waals surface area (Å²) < 4.78 is 4.61. The molecule has 0 rings (SSSR count). The zero-order valence-corrected chi connectivity index (χ0v) is 20.2. The molecule has 4 atom stereocenters. The predicted molar refractivity (Wildman–Crippen MR) is 121 cm³/mol. The van der Waals surface area contributed by atoms with Crippen molar-refractivity contribution in [3.8, 4) is 0 Å². The summed E-state index contributed by atoms with van der Waals surface area (Å²) in [5.74, 6) is -2.88. The molecule has 0 bridgehead atoms. The van der Waals surface area contributed by atoms with Gasteiger partial charge >= 0.3 is 5.97 Å². The molecule has 0 saturated heterocycles. The van der Waals surface area contributed by atoms with Crippen LogP contribution in [0.25, 0.3) is 0 Å². The fourth-order valence-electron chi connectivity index (χ4n) is 2.12. The zero-order chi connectivity index (χ0) is 26.1. The van der Waals surface area contributed by atoms with E-state index in [0.717, 1.165) is 0 Å². The first-order chi connectivity index (χ1) is 16.0. The van der Waals surface area contributed by atoms with Crippen LogP contribution in [0.5, 0.6) is 0 Å². The molecule has 0 fully saturated rings. The highest BCUT2D eigenvalue weighted by molar-refractivity contribution is 7.36. The highest BCUT2D eigenvalue weighted by Gasteiger charge is 2.23. The van der Waals surface area contributed by atoms with Crippen molar-refractivity contribution in [2.24, 2.45) is 5.16 Å². The van der Waals surface area contributed by atoms with E-state index in [2.05, 4.69) is 50.6 Å². The van der Waals surface area contributed by atoms with Gasteiger partial charge in [0.15, 0.2) is 6.61 Å². The second kappa shape index (κ2) is 17.2. The van der Waals surface area contributed by atoms with Gasteiger partial charge in [0.25, 0.3) is 5.91 Å². The number of nitrogens with zero attached hydrogens (tertiary/aromatic N) is 1. The first-order valence-electron chi connectivity index (χ1n) is 10.1. The summed E-state index contributed by atoms with van der Waals surface area (Å²) in [6.07, 6.45) is 0. The SMILES string of the molecule is CC(NC(=O)COCC(=O)O)C(=O)NC(C)C(=O)NC(C)C(=O)NCCNC(=O)CO/N=C\P. The van der Waals surface area contributed by atoms with E-state index in [9.17, 15) is 28.8 Å². The average molecular weight is 506 g/mol. The van der Waals surface area contributed by atoms with Gasteiger partial charge in [0.05, 0.1) is 5.96 Å². The molecule has 34 heavy (non-hydrogen) atoms. The van der Waals surface area contributed by atoms with Gasteiger partial charge in [-0.2, -0.15) is 0 Å². The van der Waals surface area contributed by atoms with Crippen LogP contribution in [0.1, 0.15) is 20.8 Å². The van der Waals surface area contributed by atoms with Crippen molar-refractivity contribution < 1.29 is 43.4 Å². The molecule has 0 heterocycles. The smallest absolute Gasteiger partial charge is 0.329 e. The monoisotopic (exact) mass is 506 g/mol. The average Bonchev–Trinajstić information content (AvgIpc) is 2.76. The van der Waals surface area contributed by atoms with E-state index in [1.54, 1.807) is 0 Å². The van der Waals surface area contributed by atoms with Gasteiger partial charge in [0.1, 0.15) is 31.3 Å². The van der Waals surface area contributed by atoms with E-state index in [1.165, 1.54) is 26.7 Å². The molecule has 0 aromatic heterocycles. The number of ether oxygens (including phenoxy) is 1. The van der Waals surface area contributed by atoms with Gasteiger partial charge in [-0.05, 0) is 20.8 Å². The lowest BCUT2D eigenvalue weighted by molar-refractivity contribution is -0.144. The Morgan fingerprint density at radius 3 is 1.88 bits per heavy atom. The number of hydrogen-bond acceptors (Lipinski definition) is 9. The number of aliphatic carboxylic acids is 1. The highest BCUT2D eigenvalue weighted by Crippen LogP contribution is 1.91. The Morgan fingerprint density at radius 1 is 0.794 bits per heavy atom. The van der Waals surface area contributed by atoms with E-state index < -0.39 is 66.8 Å². The molecule has 5 amide bonds. The fourth-order valence-corrected chi connectivity index (χ4v) is 2.20. The van der Waals surface area contributed by atoms with Crippen molar-refractivity contribution in [2.75, 3.05) is 32.9 Å². The number of amides is 5. The van der Waals surface area contributed by atoms with Crippen LogP contribution in [-0.4, -0.2) is 97.6 Å². The molecule has 0 aliphatic rings. The minimum absolute atomic E-state index is 0.108. The van der Waals surface area contributed by atoms with Gasteiger partial charge in [0.2, 0.25) is 23.6 Å². The van der Waals surface area contributed by atoms with E-state index in [4.69, 9.17) is 5.11 Å². The summed E-state index contributed by atoms with van der Waals surface area (Å²) >= 11 is 0. The van der Waals surface area contributed by atoms with Crippen molar-refractivity contribution in [1.82, 2.24) is 26.6 Å². The normalized spacial score (nSPS) is 13.2. The van der Waals surface area contributed by atoms with Crippen LogP contribution >= 0.6 is 9.24 Å². The number of carbonyl (C=O) groups is 6. The lowest BCUT2D eigenvalue weighted by Gasteiger charge is -2.20. The number of nitrogens with one attached hydrogen (secondary N) is 5. The summed E-state index contributed by atoms with van der Waals surface area (Å²) in [5, 5.41) is 24.0. The third kappa shape index (κ3) is 14.7. The Balaban J connectivity index is 4.26. The maximum absolute atomic E-state index is 12.2. The van der Waals surface area contributed by atoms with Crippen LogP contribution in [-0.2, 0) is 38.3 Å². The second-order valence-electron chi connectivity index (χ2n) is 6.81. The van der Waals surface area contributed by atoms with Gasteiger partial charge in [-0.25, -0.2) is 4.79 Å². The molecule has 192 valence electrons. The Bertz CT molecular complexity index is 764. The maximum Gasteiger partial charge on any atom is 0.329 e. The van der Waals surface area contributed by atoms with Crippen molar-refractivity contribution >= 4 is 50.7 Å². The van der Waals surface area contributed by atoms with Gasteiger partial charge in [-0.3, -0.25) is 24.0 Å². The van der Waals surface area contributed by atoms with Crippen LogP contribution in [0, 0.1) is 0 Å². The van der Waals surface area contributed by atoms with E-state index in [-0.39, 0.29) is 19.7 Å². The molecular weight excluding hydrogens is 475 g/mol. The minimum atomic E-state index is -1.24. The van der Waals surface area contributed by atoms with Gasteiger partial charge in [-0.15, -0.1) is 0 Å². The molecule has 0 aliphatic heterocycles. The molecule has 16 heteroatoms. The van der Waals surface area contributed by atoms with Gasteiger partial charge in [0, 0.05) is 13.1 Å². The van der Waals surface area contributed by atoms with E-state index in [1.807, 2.05) is 0 Å². The first-order valence-corrected chi connectivity index (χ1v) is 10.7. The van der Waals surface area contributed by atoms with Crippen molar-refractivity contribution in [3.63, 3.8) is 0 Å². The Morgan fingerprint density at radius 2 is 1.32 bits per heavy atom. The molecule has 4 unspecified atom stereocenters. The number of carbonyl (C=O) groups excluding carboxylic acids is 5. The Hall–Kier alpha value is -3.32. The van der Waals surface area contributed by atoms with Crippen molar-refractivity contribution in [3.05, 3.63) is 0 Å². The zero-order valence-electron chi connectivity index (χ0n) is 19.1. The van der Waals surface area contributed by atoms with Crippen LogP contribution in [0.15, 0.2) is 5.16 Å². The second-order valence-corrected chi connectivity index (χ2v) is 7.10. The molecule has 0 aromatic carbocycles. The molecular formula is C18H31N6O9P. The number of hydrogen-bond donors (Lipinski definition) is 6. The lowest BCUT2D eigenvalue weighted by Crippen LogP contribution is -2.55. The summed E-state index contributed by atoms with van der Waals surface area (Å²) in [5.41, 5.74) is 0. The molecule has 0 aliphatic carbocycles. The molecule has 0 saturated carbocycles. The standard InChI is InChI=1S/C18H31N6O9P/c1-10(16(29)20-5-4-19-13(25)7-33-21-9-34)23-18(31)12(3)24-17(30)11(2)22-14(26)6-32-8-15(27)28/h9-12H,4-8,34H2,1-3H3,(H,19,25)(H,20,29)(H,22,26)(H,23,31)(H,24,30)(H,27,28)/b21-9-. The quantitative estimate of drug-likeness (QED) is 0.0534. The fraction of sp³-hybridized carbons (Fsp3) is 0.611. The van der Waals surface area contributed by atoms with Gasteiger partial charge in [-0.1, -0.05) is 14.4 Å². The maximum atomic E-state index is 12.2. The summed E-state index contributed by atoms with van der Waals surface area (Å²) in [6, 6.07) is -2.97. The molecule has 6 N–H and O–H groups in total. The topological polar surface area (TPSA) is 214 Å². The van der Waals surface area contributed by atoms with Crippen molar-refractivity contribution in [2.45, 2.75) is 38.9 Å². The molecule has 0 radical (unpaired) electrons. The summed E-state index contributed by atoms with van der Waals surface area (Å²) in [6.45, 7) is 2.97. The highest BCUT2D eigenvalue weighted by atomic mass is 31.0. The van der Waals surface area contributed by atoms with Crippen LogP contribution < -0.4 is 26.6 Å². The van der Waals surface area contributed by atoms with E-state index in [0.29, 0.717) is 0 Å². The molecule has 0 spiro atoms. The minimum Gasteiger partial charge on any atom is -0.480 e. The largest absolute Gasteiger partial charge is 0.480 e. The lowest BCUT2D eigenvalue weighted by atomic mass is 10.2. The van der Waals surface area contributed by atoms with Crippen LogP contribution in [0.4, 0.5) is 0 Å². The van der Waals surface area contributed by atoms with E-state index >= 15 is 0 Å². The summed E-state index contributed by atoms with van der Waals surface area (Å²) in [4.78, 5) is 74.4. The molecule has 15 nitrogen and oxygen atoms in total. The first kappa shape index (κ1) is 30.7. The van der Waals surface area contributed by atoms with Crippen LogP contribution in [0.3, 0.4) is 0 Å².